The van der Waals surface area contributed by atoms with Gasteiger partial charge in [-0.05, 0) is 24.7 Å². The highest BCUT2D eigenvalue weighted by atomic mass is 19.1. The summed E-state index contributed by atoms with van der Waals surface area (Å²) in [6.45, 7) is 0.277. The fraction of sp³-hybridized carbons (Fsp3) is 0.200. The van der Waals surface area contributed by atoms with E-state index in [1.165, 1.54) is 25.3 Å². The minimum Gasteiger partial charge on any atom is -0.497 e. The molecule has 0 saturated carbocycles. The molecule has 0 atom stereocenters. The second kappa shape index (κ2) is 5.96. The second-order valence-corrected chi connectivity index (χ2v) is 4.30. The zero-order chi connectivity index (χ0) is 14.7. The lowest BCUT2D eigenvalue weighted by Gasteiger charge is -2.10. The van der Waals surface area contributed by atoms with Crippen LogP contribution in [0.2, 0.25) is 0 Å². The number of rotatable bonds is 4. The first kappa shape index (κ1) is 14.4. The molecule has 1 N–H and O–H groups in total. The Morgan fingerprint density at radius 2 is 1.65 bits per heavy atom. The third kappa shape index (κ3) is 2.77. The van der Waals surface area contributed by atoms with Gasteiger partial charge in [-0.1, -0.05) is 6.07 Å². The molecule has 0 aliphatic rings. The fourth-order valence-electron chi connectivity index (χ4n) is 2.00. The molecule has 0 radical (unpaired) electrons. The van der Waals surface area contributed by atoms with Gasteiger partial charge in [-0.15, -0.1) is 0 Å². The fourth-order valence-corrected chi connectivity index (χ4v) is 2.00. The molecule has 0 aliphatic carbocycles. The summed E-state index contributed by atoms with van der Waals surface area (Å²) in [5.74, 6) is -1.81. The van der Waals surface area contributed by atoms with Crippen LogP contribution < -0.4 is 10.1 Å². The maximum atomic E-state index is 14.0. The lowest BCUT2D eigenvalue weighted by Crippen LogP contribution is -2.07. The van der Waals surface area contributed by atoms with Crippen molar-refractivity contribution in [3.8, 4) is 16.9 Å². The lowest BCUT2D eigenvalue weighted by molar-refractivity contribution is 0.407. The van der Waals surface area contributed by atoms with Crippen LogP contribution in [0.5, 0.6) is 5.75 Å². The van der Waals surface area contributed by atoms with Gasteiger partial charge in [0.05, 0.1) is 12.7 Å². The van der Waals surface area contributed by atoms with Crippen LogP contribution in [0.1, 0.15) is 5.56 Å². The van der Waals surface area contributed by atoms with Crippen LogP contribution in [0.3, 0.4) is 0 Å². The maximum Gasteiger partial charge on any atom is 0.137 e. The molecule has 0 fully saturated rings. The van der Waals surface area contributed by atoms with E-state index in [1.807, 2.05) is 0 Å². The van der Waals surface area contributed by atoms with Gasteiger partial charge in [-0.3, -0.25) is 0 Å². The molecular weight excluding hydrogens is 267 g/mol. The average Bonchev–Trinajstić information content (AvgIpc) is 2.41. The predicted octanol–water partition coefficient (Wildman–Crippen LogP) is 3.50. The van der Waals surface area contributed by atoms with Crippen LogP contribution in [-0.2, 0) is 6.54 Å². The number of hydrogen-bond donors (Lipinski definition) is 1. The molecule has 0 spiro atoms. The van der Waals surface area contributed by atoms with Gasteiger partial charge < -0.3 is 10.1 Å². The number of methoxy groups -OCH3 is 1. The number of nitrogens with one attached hydrogen (secondary N) is 1. The molecule has 0 amide bonds. The van der Waals surface area contributed by atoms with Crippen molar-refractivity contribution >= 4 is 0 Å². The van der Waals surface area contributed by atoms with Gasteiger partial charge in [0.1, 0.15) is 23.2 Å². The second-order valence-electron chi connectivity index (χ2n) is 4.30. The van der Waals surface area contributed by atoms with Crippen LogP contribution in [0.4, 0.5) is 13.2 Å². The van der Waals surface area contributed by atoms with Crippen molar-refractivity contribution in [3.63, 3.8) is 0 Å². The smallest absolute Gasteiger partial charge is 0.137 e. The molecule has 0 heterocycles. The lowest BCUT2D eigenvalue weighted by atomic mass is 10.0. The predicted molar refractivity (Wildman–Crippen MR) is 71.1 cm³/mol. The van der Waals surface area contributed by atoms with Crippen molar-refractivity contribution in [1.82, 2.24) is 5.32 Å². The molecule has 0 unspecified atom stereocenters. The van der Waals surface area contributed by atoms with E-state index in [2.05, 4.69) is 5.32 Å². The molecule has 2 rings (SSSR count). The topological polar surface area (TPSA) is 21.3 Å². The Kier molecular flexibility index (Phi) is 4.29. The van der Waals surface area contributed by atoms with Crippen LogP contribution in [-0.4, -0.2) is 14.2 Å². The van der Waals surface area contributed by atoms with Crippen molar-refractivity contribution in [1.29, 1.82) is 0 Å². The van der Waals surface area contributed by atoms with Crippen LogP contribution >= 0.6 is 0 Å². The van der Waals surface area contributed by atoms with Crippen molar-refractivity contribution in [2.75, 3.05) is 14.2 Å². The highest BCUT2D eigenvalue weighted by molar-refractivity contribution is 5.66. The van der Waals surface area contributed by atoms with E-state index >= 15 is 0 Å². The van der Waals surface area contributed by atoms with Gasteiger partial charge in [0, 0.05) is 24.2 Å². The molecule has 2 nitrogen and oxygen atoms in total. The molecule has 2 aromatic rings. The van der Waals surface area contributed by atoms with Crippen molar-refractivity contribution in [2.45, 2.75) is 6.54 Å². The Morgan fingerprint density at radius 1 is 1.00 bits per heavy atom. The van der Waals surface area contributed by atoms with Crippen LogP contribution in [0.25, 0.3) is 11.1 Å². The summed E-state index contributed by atoms with van der Waals surface area (Å²) in [4.78, 5) is 0. The maximum absolute atomic E-state index is 14.0. The molecule has 0 aromatic heterocycles. The zero-order valence-electron chi connectivity index (χ0n) is 11.1. The average molecular weight is 281 g/mol. The Hall–Kier alpha value is -2.01. The summed E-state index contributed by atoms with van der Waals surface area (Å²) in [7, 11) is 3.00. The minimum absolute atomic E-state index is 0.0984. The van der Waals surface area contributed by atoms with Gasteiger partial charge in [0.15, 0.2) is 0 Å². The zero-order valence-corrected chi connectivity index (χ0v) is 11.1. The Morgan fingerprint density at radius 3 is 2.20 bits per heavy atom. The Balaban J connectivity index is 2.54. The molecule has 2 aromatic carbocycles. The molecule has 0 saturated heterocycles. The van der Waals surface area contributed by atoms with E-state index in [1.54, 1.807) is 7.05 Å². The number of ether oxygens (including phenoxy) is 1. The van der Waals surface area contributed by atoms with E-state index in [0.29, 0.717) is 5.56 Å². The molecule has 0 bridgehead atoms. The first-order valence-corrected chi connectivity index (χ1v) is 6.03. The van der Waals surface area contributed by atoms with Crippen molar-refractivity contribution in [3.05, 3.63) is 53.3 Å². The number of hydrogen-bond acceptors (Lipinski definition) is 2. The van der Waals surface area contributed by atoms with Crippen LogP contribution in [0.15, 0.2) is 30.3 Å². The first-order valence-electron chi connectivity index (χ1n) is 6.03. The third-order valence-corrected chi connectivity index (χ3v) is 2.95. The Bertz CT molecular complexity index is 606. The molecule has 5 heteroatoms. The largest absolute Gasteiger partial charge is 0.497 e. The molecule has 106 valence electrons. The minimum atomic E-state index is -0.746. The summed E-state index contributed by atoms with van der Waals surface area (Å²) in [5.41, 5.74) is 0.442. The van der Waals surface area contributed by atoms with Gasteiger partial charge in [0.2, 0.25) is 0 Å². The highest BCUT2D eigenvalue weighted by Crippen LogP contribution is 2.30. The van der Waals surface area contributed by atoms with E-state index in [0.717, 1.165) is 12.1 Å². The number of benzene rings is 2. The summed E-state index contributed by atoms with van der Waals surface area (Å²) in [6, 6.07) is 6.17. The van der Waals surface area contributed by atoms with Crippen LogP contribution in [0, 0.1) is 17.5 Å². The third-order valence-electron chi connectivity index (χ3n) is 2.95. The summed E-state index contributed by atoms with van der Waals surface area (Å²) >= 11 is 0. The van der Waals surface area contributed by atoms with Gasteiger partial charge in [-0.25, -0.2) is 13.2 Å². The highest BCUT2D eigenvalue weighted by Gasteiger charge is 2.15. The Labute approximate surface area is 115 Å². The molecular formula is C15H14F3NO. The van der Waals surface area contributed by atoms with Gasteiger partial charge >= 0.3 is 0 Å². The van der Waals surface area contributed by atoms with Gasteiger partial charge in [0.25, 0.3) is 0 Å². The number of halogens is 3. The standard InChI is InChI=1S/C15H14F3NO/c1-19-8-10-5-9(3-4-12(10)16)15-13(17)6-11(20-2)7-14(15)18/h3-7,19H,8H2,1-2H3. The SMILES string of the molecule is CNCc1cc(-c2c(F)cc(OC)cc2F)ccc1F. The van der Waals surface area contributed by atoms with E-state index in [9.17, 15) is 13.2 Å². The summed E-state index contributed by atoms with van der Waals surface area (Å²) in [6.07, 6.45) is 0. The molecule has 20 heavy (non-hydrogen) atoms. The monoisotopic (exact) mass is 281 g/mol. The summed E-state index contributed by atoms with van der Waals surface area (Å²) in [5, 5.41) is 2.80. The van der Waals surface area contributed by atoms with E-state index in [-0.39, 0.29) is 23.4 Å². The summed E-state index contributed by atoms with van der Waals surface area (Å²) < 4.78 is 46.3. The van der Waals surface area contributed by atoms with E-state index in [4.69, 9.17) is 4.74 Å². The first-order chi connectivity index (χ1) is 9.56. The quantitative estimate of drug-likeness (QED) is 0.926. The van der Waals surface area contributed by atoms with E-state index < -0.39 is 17.5 Å². The van der Waals surface area contributed by atoms with Gasteiger partial charge in [-0.2, -0.15) is 0 Å². The van der Waals surface area contributed by atoms with Crippen molar-refractivity contribution < 1.29 is 17.9 Å². The normalized spacial score (nSPS) is 10.7. The molecule has 0 aliphatic heterocycles. The van der Waals surface area contributed by atoms with Crippen molar-refractivity contribution in [2.24, 2.45) is 0 Å².